The molecule has 1 N–H and O–H groups in total. The van der Waals surface area contributed by atoms with Gasteiger partial charge < -0.3 is 15.0 Å². The monoisotopic (exact) mass is 240 g/mol. The van der Waals surface area contributed by atoms with Gasteiger partial charge in [-0.25, -0.2) is 4.79 Å². The van der Waals surface area contributed by atoms with Crippen LogP contribution in [-0.2, 0) is 4.74 Å². The maximum atomic E-state index is 12.0. The van der Waals surface area contributed by atoms with Crippen LogP contribution < -0.4 is 5.32 Å². The first-order valence-corrected chi connectivity index (χ1v) is 6.64. The maximum absolute atomic E-state index is 12.0. The van der Waals surface area contributed by atoms with Gasteiger partial charge in [-0.1, -0.05) is 0 Å². The molecule has 4 nitrogen and oxygen atoms in total. The third kappa shape index (κ3) is 3.35. The van der Waals surface area contributed by atoms with Crippen molar-refractivity contribution < 1.29 is 9.53 Å². The second-order valence-corrected chi connectivity index (χ2v) is 6.22. The van der Waals surface area contributed by atoms with Crippen molar-refractivity contribution in [3.8, 4) is 0 Å². The van der Waals surface area contributed by atoms with E-state index in [1.807, 2.05) is 25.7 Å². The third-order valence-electron chi connectivity index (χ3n) is 3.67. The van der Waals surface area contributed by atoms with Crippen LogP contribution in [0, 0.1) is 11.8 Å². The van der Waals surface area contributed by atoms with E-state index in [0.29, 0.717) is 0 Å². The molecule has 2 heterocycles. The normalized spacial score (nSPS) is 29.7. The summed E-state index contributed by atoms with van der Waals surface area (Å²) < 4.78 is 5.43. The average molecular weight is 240 g/mol. The van der Waals surface area contributed by atoms with Gasteiger partial charge in [-0.15, -0.1) is 0 Å². The van der Waals surface area contributed by atoms with Crippen LogP contribution in [0.4, 0.5) is 4.79 Å². The Kier molecular flexibility index (Phi) is 3.61. The van der Waals surface area contributed by atoms with E-state index >= 15 is 0 Å². The van der Waals surface area contributed by atoms with Crippen molar-refractivity contribution in [1.29, 1.82) is 0 Å². The lowest BCUT2D eigenvalue weighted by molar-refractivity contribution is 0.0253. The Bertz CT molecular complexity index is 272. The lowest BCUT2D eigenvalue weighted by atomic mass is 9.92. The highest BCUT2D eigenvalue weighted by molar-refractivity contribution is 5.68. The molecule has 1 amide bonds. The van der Waals surface area contributed by atoms with E-state index < -0.39 is 0 Å². The van der Waals surface area contributed by atoms with E-state index in [-0.39, 0.29) is 11.7 Å². The van der Waals surface area contributed by atoms with Gasteiger partial charge in [0, 0.05) is 13.1 Å². The van der Waals surface area contributed by atoms with Crippen LogP contribution in [0.5, 0.6) is 0 Å². The molecule has 0 aromatic rings. The fourth-order valence-electron chi connectivity index (χ4n) is 2.73. The summed E-state index contributed by atoms with van der Waals surface area (Å²) in [5.41, 5.74) is -0.388. The summed E-state index contributed by atoms with van der Waals surface area (Å²) in [4.78, 5) is 13.9. The standard InChI is InChI=1S/C13H24N2O2/c1-13(2,3)17-12(16)15-6-4-10-8-14-9-11(10)5-7-15/h10-11,14H,4-9H2,1-3H3. The summed E-state index contributed by atoms with van der Waals surface area (Å²) >= 11 is 0. The molecule has 0 aromatic carbocycles. The molecular formula is C13H24N2O2. The fourth-order valence-corrected chi connectivity index (χ4v) is 2.73. The van der Waals surface area contributed by atoms with Crippen LogP contribution in [0.25, 0.3) is 0 Å². The van der Waals surface area contributed by atoms with Crippen LogP contribution in [0.1, 0.15) is 33.6 Å². The predicted molar refractivity (Wildman–Crippen MR) is 66.9 cm³/mol. The van der Waals surface area contributed by atoms with E-state index in [2.05, 4.69) is 5.32 Å². The number of nitrogens with zero attached hydrogens (tertiary/aromatic N) is 1. The van der Waals surface area contributed by atoms with Crippen LogP contribution in [0.2, 0.25) is 0 Å². The van der Waals surface area contributed by atoms with Crippen molar-refractivity contribution in [2.24, 2.45) is 11.8 Å². The molecule has 0 spiro atoms. The molecule has 2 fully saturated rings. The summed E-state index contributed by atoms with van der Waals surface area (Å²) in [6, 6.07) is 0. The van der Waals surface area contributed by atoms with Crippen molar-refractivity contribution in [2.45, 2.75) is 39.2 Å². The Morgan fingerprint density at radius 2 is 1.71 bits per heavy atom. The van der Waals surface area contributed by atoms with Gasteiger partial charge in [-0.05, 0) is 58.5 Å². The van der Waals surface area contributed by atoms with E-state index in [1.165, 1.54) is 0 Å². The lowest BCUT2D eigenvalue weighted by Crippen LogP contribution is -2.37. The van der Waals surface area contributed by atoms with Gasteiger partial charge in [0.1, 0.15) is 5.60 Å². The predicted octanol–water partition coefficient (Wildman–Crippen LogP) is 1.85. The number of nitrogens with one attached hydrogen (secondary N) is 1. The van der Waals surface area contributed by atoms with Crippen molar-refractivity contribution in [2.75, 3.05) is 26.2 Å². The maximum Gasteiger partial charge on any atom is 0.410 e. The van der Waals surface area contributed by atoms with E-state index in [0.717, 1.165) is 50.9 Å². The van der Waals surface area contributed by atoms with Gasteiger partial charge in [-0.2, -0.15) is 0 Å². The van der Waals surface area contributed by atoms with E-state index in [9.17, 15) is 4.79 Å². The highest BCUT2D eigenvalue weighted by Crippen LogP contribution is 2.27. The molecule has 2 saturated heterocycles. The van der Waals surface area contributed by atoms with Crippen molar-refractivity contribution in [3.63, 3.8) is 0 Å². The largest absolute Gasteiger partial charge is 0.444 e. The van der Waals surface area contributed by atoms with Crippen LogP contribution in [-0.4, -0.2) is 42.8 Å². The molecule has 2 aliphatic rings. The van der Waals surface area contributed by atoms with Crippen molar-refractivity contribution in [1.82, 2.24) is 10.2 Å². The summed E-state index contributed by atoms with van der Waals surface area (Å²) in [5.74, 6) is 1.50. The number of rotatable bonds is 0. The molecule has 0 aliphatic carbocycles. The van der Waals surface area contributed by atoms with Gasteiger partial charge in [0.15, 0.2) is 0 Å². The number of carbonyl (C=O) groups excluding carboxylic acids is 1. The number of fused-ring (bicyclic) bond motifs is 1. The molecule has 2 atom stereocenters. The zero-order chi connectivity index (χ0) is 12.5. The minimum Gasteiger partial charge on any atom is -0.444 e. The van der Waals surface area contributed by atoms with Crippen LogP contribution in [0.15, 0.2) is 0 Å². The molecule has 2 unspecified atom stereocenters. The lowest BCUT2D eigenvalue weighted by Gasteiger charge is -2.26. The molecule has 0 radical (unpaired) electrons. The zero-order valence-corrected chi connectivity index (χ0v) is 11.2. The number of hydrogen-bond acceptors (Lipinski definition) is 3. The minimum absolute atomic E-state index is 0.148. The fraction of sp³-hybridized carbons (Fsp3) is 0.923. The summed E-state index contributed by atoms with van der Waals surface area (Å²) in [6.45, 7) is 9.68. The average Bonchev–Trinajstić information content (AvgIpc) is 2.54. The number of carbonyl (C=O) groups is 1. The molecule has 0 aromatic heterocycles. The summed E-state index contributed by atoms with van der Waals surface area (Å²) in [6.07, 6.45) is 2.07. The summed E-state index contributed by atoms with van der Waals surface area (Å²) in [7, 11) is 0. The number of hydrogen-bond donors (Lipinski definition) is 1. The Hall–Kier alpha value is -0.770. The quantitative estimate of drug-likeness (QED) is 0.702. The number of ether oxygens (including phenoxy) is 1. The van der Waals surface area contributed by atoms with Gasteiger partial charge in [0.05, 0.1) is 0 Å². The molecule has 0 bridgehead atoms. The topological polar surface area (TPSA) is 41.6 Å². The Morgan fingerprint density at radius 1 is 1.18 bits per heavy atom. The van der Waals surface area contributed by atoms with Crippen LogP contribution >= 0.6 is 0 Å². The highest BCUT2D eigenvalue weighted by Gasteiger charge is 2.32. The minimum atomic E-state index is -0.388. The second-order valence-electron chi connectivity index (χ2n) is 6.22. The first kappa shape index (κ1) is 12.7. The molecule has 98 valence electrons. The van der Waals surface area contributed by atoms with E-state index in [4.69, 9.17) is 4.74 Å². The molecule has 2 rings (SSSR count). The van der Waals surface area contributed by atoms with Crippen molar-refractivity contribution >= 4 is 6.09 Å². The van der Waals surface area contributed by atoms with Gasteiger partial charge in [0.2, 0.25) is 0 Å². The smallest absolute Gasteiger partial charge is 0.410 e. The van der Waals surface area contributed by atoms with E-state index in [1.54, 1.807) is 0 Å². The number of likely N-dealkylation sites (tertiary alicyclic amines) is 1. The second kappa shape index (κ2) is 4.84. The highest BCUT2D eigenvalue weighted by atomic mass is 16.6. The van der Waals surface area contributed by atoms with Gasteiger partial charge >= 0.3 is 6.09 Å². The third-order valence-corrected chi connectivity index (χ3v) is 3.67. The Balaban J connectivity index is 1.88. The first-order chi connectivity index (χ1) is 7.96. The first-order valence-electron chi connectivity index (χ1n) is 6.64. The van der Waals surface area contributed by atoms with Gasteiger partial charge in [-0.3, -0.25) is 0 Å². The molecule has 2 aliphatic heterocycles. The molecule has 0 saturated carbocycles. The Labute approximate surface area is 104 Å². The SMILES string of the molecule is CC(C)(C)OC(=O)N1CCC2CNCC2CC1. The van der Waals surface area contributed by atoms with Gasteiger partial charge in [0.25, 0.3) is 0 Å². The molecule has 4 heteroatoms. The number of amides is 1. The Morgan fingerprint density at radius 3 is 2.18 bits per heavy atom. The molecule has 17 heavy (non-hydrogen) atoms. The summed E-state index contributed by atoms with van der Waals surface area (Å²) in [5, 5.41) is 3.44. The molecular weight excluding hydrogens is 216 g/mol. The van der Waals surface area contributed by atoms with Crippen molar-refractivity contribution in [3.05, 3.63) is 0 Å². The van der Waals surface area contributed by atoms with Crippen LogP contribution in [0.3, 0.4) is 0 Å². The zero-order valence-electron chi connectivity index (χ0n) is 11.2.